The molecule has 1 fully saturated rings. The molecule has 20 heavy (non-hydrogen) atoms. The smallest absolute Gasteiger partial charge is 0.234 e. The van der Waals surface area contributed by atoms with Gasteiger partial charge in [-0.3, -0.25) is 9.69 Å². The minimum absolute atomic E-state index is 0.170. The van der Waals surface area contributed by atoms with Crippen molar-refractivity contribution in [2.45, 2.75) is 77.9 Å². The van der Waals surface area contributed by atoms with Gasteiger partial charge < -0.3 is 10.6 Å². The van der Waals surface area contributed by atoms with Crippen molar-refractivity contribution in [3.05, 3.63) is 0 Å². The van der Waals surface area contributed by atoms with E-state index in [0.29, 0.717) is 24.7 Å². The molecule has 1 unspecified atom stereocenters. The highest BCUT2D eigenvalue weighted by molar-refractivity contribution is 5.78. The quantitative estimate of drug-likeness (QED) is 0.717. The van der Waals surface area contributed by atoms with E-state index in [9.17, 15) is 4.79 Å². The third-order valence-corrected chi connectivity index (χ3v) is 4.29. The lowest BCUT2D eigenvalue weighted by Crippen LogP contribution is -2.50. The predicted molar refractivity (Wildman–Crippen MR) is 84.9 cm³/mol. The Kier molecular flexibility index (Phi) is 8.15. The van der Waals surface area contributed by atoms with E-state index in [-0.39, 0.29) is 5.91 Å². The number of nitrogens with zero attached hydrogens (tertiary/aromatic N) is 1. The van der Waals surface area contributed by atoms with Gasteiger partial charge in [0.2, 0.25) is 5.91 Å². The first-order valence-corrected chi connectivity index (χ1v) is 8.33. The number of hydrogen-bond donors (Lipinski definition) is 2. The lowest BCUT2D eigenvalue weighted by atomic mass is 10.0. The second-order valence-electron chi connectivity index (χ2n) is 6.25. The van der Waals surface area contributed by atoms with Gasteiger partial charge >= 0.3 is 0 Å². The molecular weight excluding hydrogens is 250 g/mol. The molecule has 0 aliphatic carbocycles. The molecular formula is C16H33N3O. The number of carbonyl (C=O) groups is 1. The zero-order valence-electron chi connectivity index (χ0n) is 13.7. The lowest BCUT2D eigenvalue weighted by molar-refractivity contribution is -0.123. The molecule has 0 radical (unpaired) electrons. The van der Waals surface area contributed by atoms with Crippen LogP contribution in [0.2, 0.25) is 0 Å². The number of rotatable bonds is 8. The monoisotopic (exact) mass is 283 g/mol. The van der Waals surface area contributed by atoms with Crippen molar-refractivity contribution in [2.24, 2.45) is 0 Å². The number of nitrogens with one attached hydrogen (secondary N) is 2. The molecule has 1 amide bonds. The molecule has 0 bridgehead atoms. The van der Waals surface area contributed by atoms with E-state index < -0.39 is 0 Å². The number of amides is 1. The van der Waals surface area contributed by atoms with Gasteiger partial charge in [-0.05, 0) is 46.1 Å². The highest BCUT2D eigenvalue weighted by Gasteiger charge is 2.21. The predicted octanol–water partition coefficient (Wildman–Crippen LogP) is 2.14. The molecule has 0 aromatic rings. The number of carbonyl (C=O) groups excluding carboxylic acids is 1. The molecule has 1 saturated heterocycles. The summed E-state index contributed by atoms with van der Waals surface area (Å²) in [5, 5.41) is 6.71. The summed E-state index contributed by atoms with van der Waals surface area (Å²) in [6, 6.07) is 1.28. The molecule has 1 atom stereocenters. The lowest BCUT2D eigenvalue weighted by Gasteiger charge is -2.33. The molecule has 2 N–H and O–H groups in total. The molecule has 118 valence electrons. The van der Waals surface area contributed by atoms with E-state index >= 15 is 0 Å². The topological polar surface area (TPSA) is 44.4 Å². The van der Waals surface area contributed by atoms with Crippen LogP contribution < -0.4 is 10.6 Å². The van der Waals surface area contributed by atoms with Gasteiger partial charge in [-0.2, -0.15) is 0 Å². The van der Waals surface area contributed by atoms with Crippen LogP contribution >= 0.6 is 0 Å². The third kappa shape index (κ3) is 6.23. The molecule has 1 rings (SSSR count). The standard InChI is InChI=1S/C16H33N3O/c1-5-14(6-2)18-16(20)12-19(13(3)4)11-15-9-7-8-10-17-15/h13-15,17H,5-12H2,1-4H3,(H,18,20). The Morgan fingerprint density at radius 2 is 2.00 bits per heavy atom. The molecule has 0 spiro atoms. The van der Waals surface area contributed by atoms with Gasteiger partial charge in [0, 0.05) is 24.7 Å². The van der Waals surface area contributed by atoms with Crippen molar-refractivity contribution in [1.82, 2.24) is 15.5 Å². The van der Waals surface area contributed by atoms with Gasteiger partial charge in [0.1, 0.15) is 0 Å². The summed E-state index contributed by atoms with van der Waals surface area (Å²) in [7, 11) is 0. The zero-order chi connectivity index (χ0) is 15.0. The van der Waals surface area contributed by atoms with Crippen LogP contribution in [0.3, 0.4) is 0 Å². The maximum atomic E-state index is 12.2. The van der Waals surface area contributed by atoms with Crippen LogP contribution in [0.1, 0.15) is 59.8 Å². The first-order chi connectivity index (χ1) is 9.56. The second-order valence-corrected chi connectivity index (χ2v) is 6.25. The van der Waals surface area contributed by atoms with E-state index in [4.69, 9.17) is 0 Å². The van der Waals surface area contributed by atoms with E-state index in [1.807, 2.05) is 0 Å². The SMILES string of the molecule is CCC(CC)NC(=O)CN(CC1CCCCN1)C(C)C. The van der Waals surface area contributed by atoms with E-state index in [0.717, 1.165) is 25.9 Å². The van der Waals surface area contributed by atoms with Crippen LogP contribution in [0.4, 0.5) is 0 Å². The van der Waals surface area contributed by atoms with Gasteiger partial charge in [0.15, 0.2) is 0 Å². The number of hydrogen-bond acceptors (Lipinski definition) is 3. The molecule has 0 aromatic heterocycles. The summed E-state index contributed by atoms with van der Waals surface area (Å²) in [6.45, 7) is 11.2. The van der Waals surface area contributed by atoms with Crippen molar-refractivity contribution in [3.63, 3.8) is 0 Å². The molecule has 0 saturated carbocycles. The van der Waals surface area contributed by atoms with Gasteiger partial charge in [0.25, 0.3) is 0 Å². The molecule has 0 aromatic carbocycles. The van der Waals surface area contributed by atoms with Gasteiger partial charge in [0.05, 0.1) is 6.54 Å². The van der Waals surface area contributed by atoms with Crippen LogP contribution in [-0.2, 0) is 4.79 Å². The minimum atomic E-state index is 0.170. The summed E-state index contributed by atoms with van der Waals surface area (Å²) >= 11 is 0. The minimum Gasteiger partial charge on any atom is -0.352 e. The molecule has 1 aliphatic rings. The first-order valence-electron chi connectivity index (χ1n) is 8.33. The fourth-order valence-corrected chi connectivity index (χ4v) is 2.77. The molecule has 4 nitrogen and oxygen atoms in total. The molecule has 1 heterocycles. The first kappa shape index (κ1) is 17.4. The largest absolute Gasteiger partial charge is 0.352 e. The van der Waals surface area contributed by atoms with Gasteiger partial charge in [-0.25, -0.2) is 0 Å². The highest BCUT2D eigenvalue weighted by atomic mass is 16.2. The van der Waals surface area contributed by atoms with Gasteiger partial charge in [-0.15, -0.1) is 0 Å². The summed E-state index contributed by atoms with van der Waals surface area (Å²) < 4.78 is 0. The Labute approximate surface area is 124 Å². The highest BCUT2D eigenvalue weighted by Crippen LogP contribution is 2.10. The Balaban J connectivity index is 2.43. The fourth-order valence-electron chi connectivity index (χ4n) is 2.77. The van der Waals surface area contributed by atoms with Crippen molar-refractivity contribution in [3.8, 4) is 0 Å². The second kappa shape index (κ2) is 9.35. The fraction of sp³-hybridized carbons (Fsp3) is 0.938. The van der Waals surface area contributed by atoms with Crippen molar-refractivity contribution in [2.75, 3.05) is 19.6 Å². The van der Waals surface area contributed by atoms with Crippen LogP contribution in [0.5, 0.6) is 0 Å². The maximum Gasteiger partial charge on any atom is 0.234 e. The van der Waals surface area contributed by atoms with E-state index in [2.05, 4.69) is 43.2 Å². The average Bonchev–Trinajstić information content (AvgIpc) is 2.45. The van der Waals surface area contributed by atoms with Crippen LogP contribution in [0.15, 0.2) is 0 Å². The molecule has 4 heteroatoms. The number of piperidine rings is 1. The summed E-state index contributed by atoms with van der Waals surface area (Å²) in [6.07, 6.45) is 5.84. The summed E-state index contributed by atoms with van der Waals surface area (Å²) in [5.41, 5.74) is 0. The summed E-state index contributed by atoms with van der Waals surface area (Å²) in [5.74, 6) is 0.170. The van der Waals surface area contributed by atoms with Gasteiger partial charge in [-0.1, -0.05) is 20.3 Å². The average molecular weight is 283 g/mol. The molecule has 1 aliphatic heterocycles. The normalized spacial score (nSPS) is 19.9. The van der Waals surface area contributed by atoms with E-state index in [1.54, 1.807) is 0 Å². The zero-order valence-corrected chi connectivity index (χ0v) is 13.7. The van der Waals surface area contributed by atoms with Crippen molar-refractivity contribution >= 4 is 5.91 Å². The Morgan fingerprint density at radius 3 is 2.50 bits per heavy atom. The summed E-state index contributed by atoms with van der Waals surface area (Å²) in [4.78, 5) is 14.4. The maximum absolute atomic E-state index is 12.2. The Bertz CT molecular complexity index is 271. The van der Waals surface area contributed by atoms with Crippen LogP contribution in [-0.4, -0.2) is 48.6 Å². The van der Waals surface area contributed by atoms with Crippen LogP contribution in [0, 0.1) is 0 Å². The Hall–Kier alpha value is -0.610. The van der Waals surface area contributed by atoms with Crippen molar-refractivity contribution in [1.29, 1.82) is 0 Å². The van der Waals surface area contributed by atoms with Crippen molar-refractivity contribution < 1.29 is 4.79 Å². The van der Waals surface area contributed by atoms with E-state index in [1.165, 1.54) is 19.3 Å². The Morgan fingerprint density at radius 1 is 1.30 bits per heavy atom. The van der Waals surface area contributed by atoms with Crippen LogP contribution in [0.25, 0.3) is 0 Å². The third-order valence-electron chi connectivity index (χ3n) is 4.29.